The normalized spacial score (nSPS) is 16.6. The molecule has 6 nitrogen and oxygen atoms in total. The van der Waals surface area contributed by atoms with Gasteiger partial charge in [-0.05, 0) is 37.5 Å². The average molecular weight is 411 g/mol. The van der Waals surface area contributed by atoms with Crippen molar-refractivity contribution in [2.75, 3.05) is 37.7 Å². The number of aryl methyl sites for hydroxylation is 4. The van der Waals surface area contributed by atoms with Crippen LogP contribution in [0.3, 0.4) is 0 Å². The fourth-order valence-corrected chi connectivity index (χ4v) is 4.62. The molecule has 0 N–H and O–H groups in total. The molecule has 1 amide bonds. The van der Waals surface area contributed by atoms with Gasteiger partial charge in [0.1, 0.15) is 0 Å². The van der Waals surface area contributed by atoms with Crippen LogP contribution in [0.25, 0.3) is 0 Å². The van der Waals surface area contributed by atoms with Gasteiger partial charge in [-0.15, -0.1) is 0 Å². The lowest BCUT2D eigenvalue weighted by atomic mass is 10.1. The van der Waals surface area contributed by atoms with Gasteiger partial charge in [0.05, 0.1) is 18.9 Å². The number of ether oxygens (including phenoxy) is 1. The minimum Gasteiger partial charge on any atom is -0.376 e. The Kier molecular flexibility index (Phi) is 6.42. The van der Waals surface area contributed by atoms with Crippen molar-refractivity contribution in [1.82, 2.24) is 14.7 Å². The van der Waals surface area contributed by atoms with Gasteiger partial charge in [-0.25, -0.2) is 0 Å². The van der Waals surface area contributed by atoms with E-state index in [0.29, 0.717) is 19.4 Å². The van der Waals surface area contributed by atoms with Gasteiger partial charge in [0, 0.05) is 68.9 Å². The fraction of sp³-hybridized carbons (Fsp3) is 0.583. The van der Waals surface area contributed by atoms with Gasteiger partial charge in [0.15, 0.2) is 0 Å². The summed E-state index contributed by atoms with van der Waals surface area (Å²) in [5, 5.41) is 4.83. The van der Waals surface area contributed by atoms with Gasteiger partial charge in [-0.1, -0.05) is 19.1 Å². The summed E-state index contributed by atoms with van der Waals surface area (Å²) in [5.74, 6) is 0.242. The summed E-state index contributed by atoms with van der Waals surface area (Å²) < 4.78 is 7.81. The first-order valence-electron chi connectivity index (χ1n) is 11.3. The minimum absolute atomic E-state index is 0.242. The molecule has 1 aromatic heterocycles. The van der Waals surface area contributed by atoms with E-state index in [1.165, 1.54) is 28.1 Å². The Morgan fingerprint density at radius 1 is 1.17 bits per heavy atom. The Labute approximate surface area is 179 Å². The van der Waals surface area contributed by atoms with Crippen molar-refractivity contribution in [3.63, 3.8) is 0 Å². The summed E-state index contributed by atoms with van der Waals surface area (Å²) in [7, 11) is 0. The molecule has 30 heavy (non-hydrogen) atoms. The molecule has 1 aromatic carbocycles. The minimum atomic E-state index is 0.242. The Morgan fingerprint density at radius 2 is 1.97 bits per heavy atom. The maximum Gasteiger partial charge on any atom is 0.223 e. The van der Waals surface area contributed by atoms with Crippen LogP contribution in [0, 0.1) is 13.8 Å². The van der Waals surface area contributed by atoms with Crippen molar-refractivity contribution in [2.45, 2.75) is 59.6 Å². The van der Waals surface area contributed by atoms with Crippen molar-refractivity contribution in [2.24, 2.45) is 0 Å². The number of piperazine rings is 1. The smallest absolute Gasteiger partial charge is 0.223 e. The molecule has 0 unspecified atom stereocenters. The highest BCUT2D eigenvalue weighted by Gasteiger charge is 2.24. The van der Waals surface area contributed by atoms with Crippen molar-refractivity contribution in [3.8, 4) is 0 Å². The Balaban J connectivity index is 1.34. The predicted molar refractivity (Wildman–Crippen MR) is 119 cm³/mol. The molecular formula is C24H34N4O2. The molecular weight excluding hydrogens is 376 g/mol. The zero-order valence-corrected chi connectivity index (χ0v) is 18.6. The van der Waals surface area contributed by atoms with E-state index < -0.39 is 0 Å². The zero-order valence-electron chi connectivity index (χ0n) is 18.6. The molecule has 162 valence electrons. The third kappa shape index (κ3) is 4.38. The van der Waals surface area contributed by atoms with Gasteiger partial charge >= 0.3 is 0 Å². The number of carbonyl (C=O) groups excluding carboxylic acids is 1. The summed E-state index contributed by atoms with van der Waals surface area (Å²) in [6.45, 7) is 12.2. The highest BCUT2D eigenvalue weighted by molar-refractivity contribution is 5.77. The summed E-state index contributed by atoms with van der Waals surface area (Å²) in [5.41, 5.74) is 7.48. The largest absolute Gasteiger partial charge is 0.376 e. The van der Waals surface area contributed by atoms with E-state index in [1.54, 1.807) is 0 Å². The van der Waals surface area contributed by atoms with Gasteiger partial charge < -0.3 is 14.5 Å². The second kappa shape index (κ2) is 9.21. The van der Waals surface area contributed by atoms with E-state index in [2.05, 4.69) is 48.6 Å². The Bertz CT molecular complexity index is 897. The van der Waals surface area contributed by atoms with Crippen molar-refractivity contribution in [1.29, 1.82) is 0 Å². The Hall–Kier alpha value is -2.34. The number of hydrogen-bond acceptors (Lipinski definition) is 4. The lowest BCUT2D eigenvalue weighted by Gasteiger charge is -2.37. The van der Waals surface area contributed by atoms with Crippen molar-refractivity contribution in [3.05, 3.63) is 46.3 Å². The summed E-state index contributed by atoms with van der Waals surface area (Å²) in [4.78, 5) is 17.3. The first kappa shape index (κ1) is 20.9. The van der Waals surface area contributed by atoms with Crippen LogP contribution >= 0.6 is 0 Å². The lowest BCUT2D eigenvalue weighted by Crippen LogP contribution is -2.49. The first-order chi connectivity index (χ1) is 14.6. The average Bonchev–Trinajstić information content (AvgIpc) is 3.12. The van der Waals surface area contributed by atoms with Crippen LogP contribution < -0.4 is 4.90 Å². The molecule has 0 bridgehead atoms. The van der Waals surface area contributed by atoms with Crippen molar-refractivity contribution < 1.29 is 9.53 Å². The molecule has 2 aliphatic heterocycles. The van der Waals surface area contributed by atoms with Crippen LogP contribution in [0.4, 0.5) is 5.69 Å². The summed E-state index contributed by atoms with van der Waals surface area (Å²) >= 11 is 0. The number of aromatic nitrogens is 2. The molecule has 0 radical (unpaired) electrons. The highest BCUT2D eigenvalue weighted by Crippen LogP contribution is 2.24. The number of rotatable bonds is 6. The monoisotopic (exact) mass is 410 g/mol. The van der Waals surface area contributed by atoms with Crippen LogP contribution in [0.15, 0.2) is 18.2 Å². The number of carbonyl (C=O) groups is 1. The molecule has 3 heterocycles. The third-order valence-electron chi connectivity index (χ3n) is 6.33. The summed E-state index contributed by atoms with van der Waals surface area (Å²) in [6, 6.07) is 6.60. The van der Waals surface area contributed by atoms with Gasteiger partial charge in [-0.3, -0.25) is 9.48 Å². The van der Waals surface area contributed by atoms with Crippen LogP contribution in [-0.2, 0) is 35.5 Å². The maximum absolute atomic E-state index is 12.9. The number of benzene rings is 1. The number of hydrogen-bond donors (Lipinski definition) is 0. The molecule has 0 spiro atoms. The fourth-order valence-electron chi connectivity index (χ4n) is 4.62. The van der Waals surface area contributed by atoms with Gasteiger partial charge in [0.2, 0.25) is 5.91 Å². The molecule has 0 aliphatic carbocycles. The Morgan fingerprint density at radius 3 is 2.73 bits per heavy atom. The van der Waals surface area contributed by atoms with E-state index in [1.807, 2.05) is 4.90 Å². The van der Waals surface area contributed by atoms with Crippen molar-refractivity contribution >= 4 is 11.6 Å². The predicted octanol–water partition coefficient (Wildman–Crippen LogP) is 3.26. The first-order valence-corrected chi connectivity index (χ1v) is 11.3. The lowest BCUT2D eigenvalue weighted by molar-refractivity contribution is -0.131. The highest BCUT2D eigenvalue weighted by atomic mass is 16.5. The molecule has 2 aromatic rings. The number of anilines is 1. The molecule has 1 saturated heterocycles. The van der Waals surface area contributed by atoms with Gasteiger partial charge in [-0.2, -0.15) is 5.10 Å². The quantitative estimate of drug-likeness (QED) is 0.734. The molecule has 0 atom stereocenters. The molecule has 1 fully saturated rings. The SMILES string of the molecule is CCCn1nc(CCC(=O)N2CCN(c3cc(C)ccc3C)CC2)c2c1CCOC2. The third-order valence-corrected chi connectivity index (χ3v) is 6.33. The number of nitrogens with zero attached hydrogens (tertiary/aromatic N) is 4. The number of fused-ring (bicyclic) bond motifs is 1. The van der Waals surface area contributed by atoms with Crippen LogP contribution in [0.5, 0.6) is 0 Å². The van der Waals surface area contributed by atoms with Crippen LogP contribution in [-0.4, -0.2) is 53.4 Å². The van der Waals surface area contributed by atoms with E-state index in [4.69, 9.17) is 9.84 Å². The second-order valence-electron chi connectivity index (χ2n) is 8.56. The molecule has 4 rings (SSSR count). The maximum atomic E-state index is 12.9. The van der Waals surface area contributed by atoms with Crippen LogP contribution in [0.2, 0.25) is 0 Å². The standard InChI is InChI=1S/C24H34N4O2/c1-4-10-28-22-9-15-30-17-20(22)21(25-28)7-8-24(29)27-13-11-26(12-14-27)23-16-18(2)5-6-19(23)3/h5-6,16H,4,7-15,17H2,1-3H3. The van der Waals surface area contributed by atoms with E-state index in [9.17, 15) is 4.79 Å². The molecule has 2 aliphatic rings. The van der Waals surface area contributed by atoms with Gasteiger partial charge in [0.25, 0.3) is 0 Å². The van der Waals surface area contributed by atoms with Crippen LogP contribution in [0.1, 0.15) is 47.8 Å². The van der Waals surface area contributed by atoms with E-state index >= 15 is 0 Å². The summed E-state index contributed by atoms with van der Waals surface area (Å²) in [6.07, 6.45) is 3.23. The zero-order chi connectivity index (χ0) is 21.1. The number of amides is 1. The topological polar surface area (TPSA) is 50.6 Å². The molecule has 0 saturated carbocycles. The van der Waals surface area contributed by atoms with E-state index in [-0.39, 0.29) is 5.91 Å². The molecule has 6 heteroatoms. The van der Waals surface area contributed by atoms with E-state index in [0.717, 1.165) is 57.9 Å². The second-order valence-corrected chi connectivity index (χ2v) is 8.56.